The maximum absolute atomic E-state index is 11.7. The van der Waals surface area contributed by atoms with Crippen LogP contribution >= 0.6 is 0 Å². The van der Waals surface area contributed by atoms with E-state index in [-0.39, 0.29) is 5.97 Å². The van der Waals surface area contributed by atoms with E-state index in [0.717, 1.165) is 17.0 Å². The van der Waals surface area contributed by atoms with Crippen LogP contribution in [0, 0.1) is 20.4 Å². The summed E-state index contributed by atoms with van der Waals surface area (Å²) in [6, 6.07) is 0. The van der Waals surface area contributed by atoms with Crippen molar-refractivity contribution in [1.82, 2.24) is 4.57 Å². The zero-order chi connectivity index (χ0) is 12.3. The van der Waals surface area contributed by atoms with Gasteiger partial charge in [0, 0.05) is 24.9 Å². The van der Waals surface area contributed by atoms with Gasteiger partial charge in [0.05, 0.1) is 12.7 Å². The van der Waals surface area contributed by atoms with Crippen molar-refractivity contribution in [3.63, 3.8) is 0 Å². The van der Waals surface area contributed by atoms with Crippen LogP contribution in [0.1, 0.15) is 27.3 Å². The first-order chi connectivity index (χ1) is 7.54. The molecule has 0 saturated heterocycles. The van der Waals surface area contributed by atoms with Gasteiger partial charge in [-0.15, -0.1) is 0 Å². The number of aromatic nitrogens is 1. The van der Waals surface area contributed by atoms with E-state index in [9.17, 15) is 4.79 Å². The number of hydrogen-bond acceptors (Lipinski definition) is 2. The molecule has 1 aromatic heterocycles. The molecule has 16 heavy (non-hydrogen) atoms. The third kappa shape index (κ3) is 1.94. The van der Waals surface area contributed by atoms with Crippen molar-refractivity contribution >= 4 is 5.97 Å². The topological polar surface area (TPSA) is 35.6 Å². The molecular weight excluding hydrogens is 204 g/mol. The highest BCUT2D eigenvalue weighted by molar-refractivity contribution is 5.93. The van der Waals surface area contributed by atoms with E-state index in [0.29, 0.717) is 18.5 Å². The van der Waals surface area contributed by atoms with Crippen molar-refractivity contribution in [2.75, 3.05) is 13.7 Å². The van der Waals surface area contributed by atoms with E-state index in [1.807, 2.05) is 25.5 Å². The molecule has 0 spiro atoms. The van der Waals surface area contributed by atoms with Crippen molar-refractivity contribution in [2.24, 2.45) is 7.05 Å². The molecule has 1 heterocycles. The van der Waals surface area contributed by atoms with E-state index in [1.165, 1.54) is 7.11 Å². The Hall–Kier alpha value is -1.76. The average Bonchev–Trinajstić information content (AvgIpc) is 2.50. The van der Waals surface area contributed by atoms with Gasteiger partial charge in [0.1, 0.15) is 0 Å². The molecule has 86 valence electrons. The third-order valence-electron chi connectivity index (χ3n) is 2.97. The molecule has 0 saturated carbocycles. The Morgan fingerprint density at radius 3 is 2.56 bits per heavy atom. The van der Waals surface area contributed by atoms with Crippen molar-refractivity contribution in [3.05, 3.63) is 33.9 Å². The summed E-state index contributed by atoms with van der Waals surface area (Å²) in [5.74, 6) is -0.318. The normalized spacial score (nSPS) is 9.94. The average molecular weight is 220 g/mol. The molecule has 0 fully saturated rings. The highest BCUT2D eigenvalue weighted by Gasteiger charge is 2.22. The van der Waals surface area contributed by atoms with Gasteiger partial charge in [-0.05, 0) is 19.4 Å². The first-order valence-corrected chi connectivity index (χ1v) is 5.10. The van der Waals surface area contributed by atoms with Gasteiger partial charge in [-0.3, -0.25) is 0 Å². The zero-order valence-electron chi connectivity index (χ0n) is 10.1. The van der Waals surface area contributed by atoms with E-state index >= 15 is 0 Å². The SMILES string of the molecule is [C-]#[N+]CCc1c(C(=O)OC)c(C)n(C)c1C. The first kappa shape index (κ1) is 12.3. The van der Waals surface area contributed by atoms with E-state index in [4.69, 9.17) is 11.3 Å². The number of esters is 1. The molecule has 1 aromatic rings. The second kappa shape index (κ2) is 4.84. The Balaban J connectivity index is 3.28. The van der Waals surface area contributed by atoms with Crippen LogP contribution < -0.4 is 0 Å². The molecular formula is C12H16N2O2. The lowest BCUT2D eigenvalue weighted by atomic mass is 10.1. The van der Waals surface area contributed by atoms with Crippen LogP contribution in [0.25, 0.3) is 4.85 Å². The summed E-state index contributed by atoms with van der Waals surface area (Å²) < 4.78 is 6.74. The molecule has 0 aliphatic rings. The molecule has 4 nitrogen and oxygen atoms in total. The standard InChI is InChI=1S/C12H16N2O2/c1-8-10(6-7-13-3)11(12(15)16-5)9(2)14(8)4/h6-7H2,1-2,4-5H3. The van der Waals surface area contributed by atoms with Crippen molar-refractivity contribution < 1.29 is 9.53 Å². The van der Waals surface area contributed by atoms with Crippen LogP contribution in [0.5, 0.6) is 0 Å². The van der Waals surface area contributed by atoms with Gasteiger partial charge < -0.3 is 14.1 Å². The predicted octanol–water partition coefficient (Wildman–Crippen LogP) is 1.89. The molecule has 0 aliphatic heterocycles. The molecule has 0 aliphatic carbocycles. The summed E-state index contributed by atoms with van der Waals surface area (Å²) >= 11 is 0. The van der Waals surface area contributed by atoms with E-state index in [1.54, 1.807) is 0 Å². The number of methoxy groups -OCH3 is 1. The molecule has 0 atom stereocenters. The quantitative estimate of drug-likeness (QED) is 0.576. The minimum absolute atomic E-state index is 0.318. The number of nitrogens with zero attached hydrogens (tertiary/aromatic N) is 2. The summed E-state index contributed by atoms with van der Waals surface area (Å²) in [6.45, 7) is 11.1. The van der Waals surface area contributed by atoms with Gasteiger partial charge >= 0.3 is 5.97 Å². The molecule has 0 unspecified atom stereocenters. The van der Waals surface area contributed by atoms with Crippen LogP contribution in [-0.4, -0.2) is 24.2 Å². The van der Waals surface area contributed by atoms with Gasteiger partial charge in [-0.2, -0.15) is 0 Å². The fourth-order valence-corrected chi connectivity index (χ4v) is 1.87. The van der Waals surface area contributed by atoms with Crippen molar-refractivity contribution in [1.29, 1.82) is 0 Å². The monoisotopic (exact) mass is 220 g/mol. The van der Waals surface area contributed by atoms with Gasteiger partial charge in [0.25, 0.3) is 0 Å². The Labute approximate surface area is 95.6 Å². The summed E-state index contributed by atoms with van der Waals surface area (Å²) in [5, 5.41) is 0. The Kier molecular flexibility index (Phi) is 3.73. The fourth-order valence-electron chi connectivity index (χ4n) is 1.87. The number of ether oxygens (including phenoxy) is 1. The highest BCUT2D eigenvalue weighted by Crippen LogP contribution is 2.22. The second-order valence-corrected chi connectivity index (χ2v) is 3.71. The molecule has 0 radical (unpaired) electrons. The first-order valence-electron chi connectivity index (χ1n) is 5.10. The summed E-state index contributed by atoms with van der Waals surface area (Å²) in [5.41, 5.74) is 3.47. The van der Waals surface area contributed by atoms with Gasteiger partial charge in [0.15, 0.2) is 0 Å². The number of rotatable bonds is 3. The lowest BCUT2D eigenvalue weighted by Crippen LogP contribution is -2.06. The molecule has 4 heteroatoms. The Bertz CT molecular complexity index is 453. The fraction of sp³-hybridized carbons (Fsp3) is 0.500. The van der Waals surface area contributed by atoms with Crippen LogP contribution in [0.4, 0.5) is 0 Å². The minimum Gasteiger partial charge on any atom is -0.465 e. The van der Waals surface area contributed by atoms with Gasteiger partial charge in [-0.1, -0.05) is 0 Å². The van der Waals surface area contributed by atoms with Crippen molar-refractivity contribution in [2.45, 2.75) is 20.3 Å². The van der Waals surface area contributed by atoms with Crippen LogP contribution in [0.15, 0.2) is 0 Å². The smallest absolute Gasteiger partial charge is 0.339 e. The zero-order valence-corrected chi connectivity index (χ0v) is 10.1. The van der Waals surface area contributed by atoms with Gasteiger partial charge in [0.2, 0.25) is 6.54 Å². The Morgan fingerprint density at radius 1 is 1.44 bits per heavy atom. The molecule has 0 amide bonds. The maximum Gasteiger partial charge on any atom is 0.339 e. The molecule has 0 N–H and O–H groups in total. The summed E-state index contributed by atoms with van der Waals surface area (Å²) in [7, 11) is 3.29. The third-order valence-corrected chi connectivity index (χ3v) is 2.97. The molecule has 0 bridgehead atoms. The summed E-state index contributed by atoms with van der Waals surface area (Å²) in [6.07, 6.45) is 0.599. The summed E-state index contributed by atoms with van der Waals surface area (Å²) in [4.78, 5) is 15.0. The van der Waals surface area contributed by atoms with Crippen LogP contribution in [0.2, 0.25) is 0 Å². The number of carbonyl (C=O) groups is 1. The van der Waals surface area contributed by atoms with E-state index in [2.05, 4.69) is 4.85 Å². The van der Waals surface area contributed by atoms with Crippen molar-refractivity contribution in [3.8, 4) is 0 Å². The number of hydrogen-bond donors (Lipinski definition) is 0. The molecule has 1 rings (SSSR count). The minimum atomic E-state index is -0.318. The van der Waals surface area contributed by atoms with Gasteiger partial charge in [-0.25, -0.2) is 11.4 Å². The predicted molar refractivity (Wildman–Crippen MR) is 61.4 cm³/mol. The second-order valence-electron chi connectivity index (χ2n) is 3.71. The maximum atomic E-state index is 11.7. The lowest BCUT2D eigenvalue weighted by molar-refractivity contribution is 0.0598. The van der Waals surface area contributed by atoms with Crippen LogP contribution in [-0.2, 0) is 18.2 Å². The Morgan fingerprint density at radius 2 is 2.06 bits per heavy atom. The number of carbonyl (C=O) groups excluding carboxylic acids is 1. The molecule has 0 aromatic carbocycles. The van der Waals surface area contributed by atoms with E-state index < -0.39 is 0 Å². The largest absolute Gasteiger partial charge is 0.465 e. The highest BCUT2D eigenvalue weighted by atomic mass is 16.5. The van der Waals surface area contributed by atoms with Crippen LogP contribution in [0.3, 0.4) is 0 Å². The lowest BCUT2D eigenvalue weighted by Gasteiger charge is -2.01.